The van der Waals surface area contributed by atoms with Crippen LogP contribution in [0, 0.1) is 0 Å². The van der Waals surface area contributed by atoms with Crippen LogP contribution >= 0.6 is 0 Å². The number of nitrogen functional groups attached to an aromatic ring is 1. The monoisotopic (exact) mass is 314 g/mol. The second-order valence-corrected chi connectivity index (χ2v) is 5.34. The summed E-state index contributed by atoms with van der Waals surface area (Å²) in [5.74, 6) is 0.0199. The van der Waals surface area contributed by atoms with Gasteiger partial charge in [0.25, 0.3) is 0 Å². The lowest BCUT2D eigenvalue weighted by Crippen LogP contribution is -2.30. The molecule has 0 aliphatic rings. The molecule has 0 radical (unpaired) electrons. The molecule has 0 saturated heterocycles. The first-order chi connectivity index (χ1) is 11.1. The van der Waals surface area contributed by atoms with Crippen molar-refractivity contribution in [3.05, 3.63) is 48.0 Å². The first kappa shape index (κ1) is 17.0. The van der Waals surface area contributed by atoms with Crippen LogP contribution in [-0.4, -0.2) is 42.3 Å². The summed E-state index contributed by atoms with van der Waals surface area (Å²) < 4.78 is 0. The highest BCUT2D eigenvalue weighted by molar-refractivity contribution is 5.95. The van der Waals surface area contributed by atoms with Gasteiger partial charge in [0, 0.05) is 35.6 Å². The van der Waals surface area contributed by atoms with E-state index in [1.54, 1.807) is 18.2 Å². The van der Waals surface area contributed by atoms with Crippen molar-refractivity contribution in [3.8, 4) is 11.1 Å². The molecule has 2 aromatic carbocycles. The fraction of sp³-hybridized carbons (Fsp3) is 0.278. The van der Waals surface area contributed by atoms with Gasteiger partial charge in [-0.05, 0) is 30.7 Å². The molecule has 0 fully saturated rings. The van der Waals surface area contributed by atoms with Crippen LogP contribution in [0.1, 0.15) is 17.3 Å². The number of aliphatic hydroxyl groups excluding tert-OH is 2. The molecule has 0 aliphatic heterocycles. The number of ketones is 1. The second-order valence-electron chi connectivity index (χ2n) is 5.34. The molecule has 122 valence electrons. The molecule has 5 heteroatoms. The van der Waals surface area contributed by atoms with E-state index in [-0.39, 0.29) is 19.0 Å². The lowest BCUT2D eigenvalue weighted by Gasteiger charge is -2.26. The first-order valence-corrected chi connectivity index (χ1v) is 7.54. The maximum Gasteiger partial charge on any atom is 0.159 e. The Bertz CT molecular complexity index is 662. The van der Waals surface area contributed by atoms with Gasteiger partial charge in [-0.1, -0.05) is 24.3 Å². The smallest absolute Gasteiger partial charge is 0.159 e. The number of anilines is 2. The first-order valence-electron chi connectivity index (χ1n) is 7.54. The zero-order valence-corrected chi connectivity index (χ0v) is 13.2. The van der Waals surface area contributed by atoms with E-state index >= 15 is 0 Å². The van der Waals surface area contributed by atoms with Crippen molar-refractivity contribution in [2.75, 3.05) is 36.9 Å². The predicted octanol–water partition coefficient (Wildman–Crippen LogP) is 1.93. The minimum Gasteiger partial charge on any atom is -0.399 e. The van der Waals surface area contributed by atoms with Crippen LogP contribution in [0.5, 0.6) is 0 Å². The van der Waals surface area contributed by atoms with E-state index < -0.39 is 0 Å². The summed E-state index contributed by atoms with van der Waals surface area (Å²) in [4.78, 5) is 13.3. The zero-order valence-electron chi connectivity index (χ0n) is 13.2. The molecule has 2 rings (SSSR count). The van der Waals surface area contributed by atoms with Gasteiger partial charge in [-0.2, -0.15) is 0 Å². The Morgan fingerprint density at radius 2 is 1.65 bits per heavy atom. The van der Waals surface area contributed by atoms with Crippen molar-refractivity contribution < 1.29 is 15.0 Å². The fourth-order valence-electron chi connectivity index (χ4n) is 2.54. The van der Waals surface area contributed by atoms with E-state index in [1.165, 1.54) is 6.92 Å². The molecule has 2 aromatic rings. The molecule has 0 atom stereocenters. The second kappa shape index (κ2) is 7.76. The Labute approximate surface area is 136 Å². The van der Waals surface area contributed by atoms with E-state index in [0.717, 1.165) is 16.8 Å². The van der Waals surface area contributed by atoms with Gasteiger partial charge in [-0.15, -0.1) is 0 Å². The topological polar surface area (TPSA) is 86.8 Å². The highest BCUT2D eigenvalue weighted by Gasteiger charge is 2.13. The summed E-state index contributed by atoms with van der Waals surface area (Å²) in [6.45, 7) is 2.36. The van der Waals surface area contributed by atoms with Crippen LogP contribution in [0.2, 0.25) is 0 Å². The molecular weight excluding hydrogens is 292 g/mol. The lowest BCUT2D eigenvalue weighted by molar-refractivity contribution is 0.101. The maximum absolute atomic E-state index is 11.4. The number of carbonyl (C=O) groups excluding carboxylic acids is 1. The van der Waals surface area contributed by atoms with Crippen LogP contribution in [0.25, 0.3) is 11.1 Å². The summed E-state index contributed by atoms with van der Waals surface area (Å²) in [7, 11) is 0. The largest absolute Gasteiger partial charge is 0.399 e. The summed E-state index contributed by atoms with van der Waals surface area (Å²) in [6, 6.07) is 12.9. The quantitative estimate of drug-likeness (QED) is 0.537. The average Bonchev–Trinajstić information content (AvgIpc) is 2.55. The molecule has 0 aromatic heterocycles. The highest BCUT2D eigenvalue weighted by Crippen LogP contribution is 2.33. The third kappa shape index (κ3) is 4.09. The van der Waals surface area contributed by atoms with Crippen LogP contribution in [0.15, 0.2) is 42.5 Å². The zero-order chi connectivity index (χ0) is 16.8. The van der Waals surface area contributed by atoms with E-state index in [9.17, 15) is 15.0 Å². The van der Waals surface area contributed by atoms with Gasteiger partial charge in [-0.3, -0.25) is 4.79 Å². The number of carbonyl (C=O) groups is 1. The Balaban J connectivity index is 2.47. The number of nitrogens with zero attached hydrogens (tertiary/aromatic N) is 1. The Morgan fingerprint density at radius 1 is 1.04 bits per heavy atom. The summed E-state index contributed by atoms with van der Waals surface area (Å²) in [5, 5.41) is 18.5. The number of benzene rings is 2. The number of hydrogen-bond donors (Lipinski definition) is 3. The Morgan fingerprint density at radius 3 is 2.17 bits per heavy atom. The van der Waals surface area contributed by atoms with Crippen LogP contribution in [0.3, 0.4) is 0 Å². The number of aliphatic hydroxyl groups is 2. The molecule has 4 N–H and O–H groups in total. The molecule has 5 nitrogen and oxygen atoms in total. The van der Waals surface area contributed by atoms with Crippen molar-refractivity contribution >= 4 is 17.2 Å². The molecule has 23 heavy (non-hydrogen) atoms. The van der Waals surface area contributed by atoms with E-state index in [4.69, 9.17) is 5.73 Å². The molecule has 0 aliphatic carbocycles. The third-order valence-electron chi connectivity index (χ3n) is 3.70. The number of rotatable bonds is 7. The summed E-state index contributed by atoms with van der Waals surface area (Å²) >= 11 is 0. The predicted molar refractivity (Wildman–Crippen MR) is 92.7 cm³/mol. The van der Waals surface area contributed by atoms with E-state index in [2.05, 4.69) is 0 Å². The van der Waals surface area contributed by atoms with Crippen molar-refractivity contribution in [1.29, 1.82) is 0 Å². The van der Waals surface area contributed by atoms with Crippen molar-refractivity contribution in [2.24, 2.45) is 0 Å². The van der Waals surface area contributed by atoms with Crippen molar-refractivity contribution in [2.45, 2.75) is 6.92 Å². The standard InChI is InChI=1S/C18H22N2O3/c1-13(23)14-2-4-15(5-3-14)17-12-16(19)6-7-18(17)20(8-10-21)9-11-22/h2-7,12,21-22H,8-11,19H2,1H3. The molecule has 0 unspecified atom stereocenters. The average molecular weight is 314 g/mol. The van der Waals surface area contributed by atoms with Gasteiger partial charge in [0.05, 0.1) is 13.2 Å². The summed E-state index contributed by atoms with van der Waals surface area (Å²) in [6.07, 6.45) is 0. The molecular formula is C18H22N2O3. The van der Waals surface area contributed by atoms with Crippen LogP contribution in [-0.2, 0) is 0 Å². The van der Waals surface area contributed by atoms with E-state index in [1.807, 2.05) is 29.2 Å². The minimum absolute atomic E-state index is 0.00685. The molecule has 0 amide bonds. The minimum atomic E-state index is -0.00685. The van der Waals surface area contributed by atoms with Gasteiger partial charge < -0.3 is 20.8 Å². The maximum atomic E-state index is 11.4. The van der Waals surface area contributed by atoms with Gasteiger partial charge in [-0.25, -0.2) is 0 Å². The number of hydrogen-bond acceptors (Lipinski definition) is 5. The van der Waals surface area contributed by atoms with Crippen LogP contribution < -0.4 is 10.6 Å². The van der Waals surface area contributed by atoms with Gasteiger partial charge >= 0.3 is 0 Å². The third-order valence-corrected chi connectivity index (χ3v) is 3.70. The van der Waals surface area contributed by atoms with E-state index in [0.29, 0.717) is 24.3 Å². The van der Waals surface area contributed by atoms with Crippen molar-refractivity contribution in [3.63, 3.8) is 0 Å². The molecule has 0 heterocycles. The highest BCUT2D eigenvalue weighted by atomic mass is 16.3. The lowest BCUT2D eigenvalue weighted by atomic mass is 9.99. The normalized spacial score (nSPS) is 10.6. The Hall–Kier alpha value is -2.37. The van der Waals surface area contributed by atoms with Crippen LogP contribution in [0.4, 0.5) is 11.4 Å². The van der Waals surface area contributed by atoms with Crippen molar-refractivity contribution in [1.82, 2.24) is 0 Å². The van der Waals surface area contributed by atoms with Gasteiger partial charge in [0.2, 0.25) is 0 Å². The molecule has 0 bridgehead atoms. The Kier molecular flexibility index (Phi) is 5.73. The summed E-state index contributed by atoms with van der Waals surface area (Å²) in [5.41, 5.74) is 9.93. The number of Topliss-reactive ketones (excluding diaryl/α,β-unsaturated/α-hetero) is 1. The van der Waals surface area contributed by atoms with Gasteiger partial charge in [0.15, 0.2) is 5.78 Å². The fourth-order valence-corrected chi connectivity index (χ4v) is 2.54. The van der Waals surface area contributed by atoms with Gasteiger partial charge in [0.1, 0.15) is 0 Å². The number of nitrogens with two attached hydrogens (primary N) is 1. The molecule has 0 spiro atoms. The molecule has 0 saturated carbocycles. The SMILES string of the molecule is CC(=O)c1ccc(-c2cc(N)ccc2N(CCO)CCO)cc1.